The molecule has 0 saturated carbocycles. The SMILES string of the molecule is Cc1nc(NN)c(C)c(N2CCCCCC2CO)n1. The highest BCUT2D eigenvalue weighted by Gasteiger charge is 2.24. The first-order chi connectivity index (χ1) is 9.17. The molecule has 1 aliphatic heterocycles. The number of hydrazine groups is 1. The van der Waals surface area contributed by atoms with Crippen molar-refractivity contribution in [1.29, 1.82) is 0 Å². The number of nitrogens with one attached hydrogen (secondary N) is 1. The number of nitrogens with zero attached hydrogens (tertiary/aromatic N) is 3. The fraction of sp³-hybridized carbons (Fsp3) is 0.692. The minimum absolute atomic E-state index is 0.140. The summed E-state index contributed by atoms with van der Waals surface area (Å²) in [7, 11) is 0. The molecule has 1 atom stereocenters. The zero-order chi connectivity index (χ0) is 13.8. The highest BCUT2D eigenvalue weighted by atomic mass is 16.3. The normalized spacial score (nSPS) is 20.2. The molecule has 19 heavy (non-hydrogen) atoms. The second kappa shape index (κ2) is 6.16. The van der Waals surface area contributed by atoms with Gasteiger partial charge in [0.25, 0.3) is 0 Å². The van der Waals surface area contributed by atoms with Gasteiger partial charge in [0.15, 0.2) is 0 Å². The topological polar surface area (TPSA) is 87.3 Å². The highest BCUT2D eigenvalue weighted by Crippen LogP contribution is 2.28. The summed E-state index contributed by atoms with van der Waals surface area (Å²) in [4.78, 5) is 11.0. The van der Waals surface area contributed by atoms with E-state index >= 15 is 0 Å². The molecule has 0 bridgehead atoms. The third-order valence-electron chi connectivity index (χ3n) is 3.73. The van der Waals surface area contributed by atoms with Gasteiger partial charge in [0, 0.05) is 12.1 Å². The van der Waals surface area contributed by atoms with E-state index in [1.165, 1.54) is 6.42 Å². The van der Waals surface area contributed by atoms with E-state index in [2.05, 4.69) is 20.3 Å². The largest absolute Gasteiger partial charge is 0.394 e. The van der Waals surface area contributed by atoms with Crippen molar-refractivity contribution in [1.82, 2.24) is 9.97 Å². The predicted molar refractivity (Wildman–Crippen MR) is 76.0 cm³/mol. The van der Waals surface area contributed by atoms with Crippen molar-refractivity contribution in [2.45, 2.75) is 45.6 Å². The molecule has 1 aromatic heterocycles. The molecule has 0 spiro atoms. The molecule has 1 saturated heterocycles. The second-order valence-corrected chi connectivity index (χ2v) is 5.09. The van der Waals surface area contributed by atoms with E-state index in [-0.39, 0.29) is 12.6 Å². The van der Waals surface area contributed by atoms with Crippen molar-refractivity contribution >= 4 is 11.6 Å². The van der Waals surface area contributed by atoms with E-state index in [1.807, 2.05) is 13.8 Å². The van der Waals surface area contributed by atoms with Crippen LogP contribution >= 0.6 is 0 Å². The van der Waals surface area contributed by atoms with Crippen LogP contribution in [0.25, 0.3) is 0 Å². The Morgan fingerprint density at radius 3 is 2.79 bits per heavy atom. The van der Waals surface area contributed by atoms with Crippen molar-refractivity contribution in [3.05, 3.63) is 11.4 Å². The standard InChI is InChI=1S/C13H23N5O/c1-9-12(17-14)15-10(2)16-13(9)18-7-5-3-4-6-11(18)8-19/h11,19H,3-8,14H2,1-2H3,(H,15,16,17). The van der Waals surface area contributed by atoms with E-state index in [0.717, 1.165) is 37.2 Å². The first-order valence-electron chi connectivity index (χ1n) is 6.86. The Morgan fingerprint density at radius 2 is 2.11 bits per heavy atom. The van der Waals surface area contributed by atoms with Crippen LogP contribution in [0.15, 0.2) is 0 Å². The number of nitrogens with two attached hydrogens (primary N) is 1. The maximum atomic E-state index is 9.61. The minimum atomic E-state index is 0.140. The average Bonchev–Trinajstić information content (AvgIpc) is 2.65. The molecule has 1 aliphatic rings. The van der Waals surface area contributed by atoms with E-state index in [9.17, 15) is 5.11 Å². The Balaban J connectivity index is 2.40. The van der Waals surface area contributed by atoms with Gasteiger partial charge in [-0.25, -0.2) is 15.8 Å². The summed E-state index contributed by atoms with van der Waals surface area (Å²) in [6.07, 6.45) is 4.50. The smallest absolute Gasteiger partial charge is 0.148 e. The lowest BCUT2D eigenvalue weighted by molar-refractivity contribution is 0.254. The first kappa shape index (κ1) is 14.0. The average molecular weight is 265 g/mol. The van der Waals surface area contributed by atoms with Crippen molar-refractivity contribution in [3.63, 3.8) is 0 Å². The summed E-state index contributed by atoms with van der Waals surface area (Å²) in [5, 5.41) is 9.61. The molecule has 6 nitrogen and oxygen atoms in total. The molecule has 0 aliphatic carbocycles. The molecule has 1 unspecified atom stereocenters. The summed E-state index contributed by atoms with van der Waals surface area (Å²) < 4.78 is 0. The van der Waals surface area contributed by atoms with Gasteiger partial charge in [-0.1, -0.05) is 12.8 Å². The summed E-state index contributed by atoms with van der Waals surface area (Å²) in [5.41, 5.74) is 3.56. The van der Waals surface area contributed by atoms with Gasteiger partial charge in [0.05, 0.1) is 12.6 Å². The molecular formula is C13H23N5O. The Bertz CT molecular complexity index is 437. The Labute approximate surface area is 114 Å². The van der Waals surface area contributed by atoms with Gasteiger partial charge < -0.3 is 15.4 Å². The summed E-state index contributed by atoms with van der Waals surface area (Å²) in [6.45, 7) is 4.90. The van der Waals surface area contributed by atoms with Crippen LogP contribution in [0.4, 0.5) is 11.6 Å². The maximum absolute atomic E-state index is 9.61. The Morgan fingerprint density at radius 1 is 1.32 bits per heavy atom. The fourth-order valence-corrected chi connectivity index (χ4v) is 2.68. The third-order valence-corrected chi connectivity index (χ3v) is 3.73. The summed E-state index contributed by atoms with van der Waals surface area (Å²) in [6, 6.07) is 0.140. The number of nitrogen functional groups attached to an aromatic ring is 1. The van der Waals surface area contributed by atoms with Crippen LogP contribution in [0, 0.1) is 13.8 Å². The zero-order valence-corrected chi connectivity index (χ0v) is 11.7. The van der Waals surface area contributed by atoms with Gasteiger partial charge in [-0.05, 0) is 26.7 Å². The molecule has 2 heterocycles. The Hall–Kier alpha value is -1.40. The zero-order valence-electron chi connectivity index (χ0n) is 11.7. The van der Waals surface area contributed by atoms with Crippen molar-refractivity contribution in [3.8, 4) is 0 Å². The van der Waals surface area contributed by atoms with E-state index in [1.54, 1.807) is 0 Å². The molecule has 0 aromatic carbocycles. The third kappa shape index (κ3) is 2.96. The van der Waals surface area contributed by atoms with Gasteiger partial charge in [0.2, 0.25) is 0 Å². The maximum Gasteiger partial charge on any atom is 0.148 e. The highest BCUT2D eigenvalue weighted by molar-refractivity contribution is 5.58. The number of hydrogen-bond donors (Lipinski definition) is 3. The predicted octanol–water partition coefficient (Wildman–Crippen LogP) is 1.12. The van der Waals surface area contributed by atoms with Crippen LogP contribution in [-0.2, 0) is 0 Å². The molecule has 6 heteroatoms. The van der Waals surface area contributed by atoms with Gasteiger partial charge in [-0.3, -0.25) is 0 Å². The van der Waals surface area contributed by atoms with E-state index < -0.39 is 0 Å². The number of hydrogen-bond acceptors (Lipinski definition) is 6. The van der Waals surface area contributed by atoms with E-state index in [0.29, 0.717) is 11.6 Å². The molecule has 4 N–H and O–H groups in total. The minimum Gasteiger partial charge on any atom is -0.394 e. The Kier molecular flexibility index (Phi) is 4.55. The van der Waals surface area contributed by atoms with Crippen LogP contribution in [0.3, 0.4) is 0 Å². The molecular weight excluding hydrogens is 242 g/mol. The first-order valence-corrected chi connectivity index (χ1v) is 6.86. The monoisotopic (exact) mass is 265 g/mol. The summed E-state index contributed by atoms with van der Waals surface area (Å²) >= 11 is 0. The fourth-order valence-electron chi connectivity index (χ4n) is 2.68. The number of aryl methyl sites for hydroxylation is 1. The van der Waals surface area contributed by atoms with E-state index in [4.69, 9.17) is 5.84 Å². The van der Waals surface area contributed by atoms with Crippen LogP contribution in [0.5, 0.6) is 0 Å². The van der Waals surface area contributed by atoms with Crippen LogP contribution in [-0.4, -0.2) is 34.3 Å². The second-order valence-electron chi connectivity index (χ2n) is 5.09. The van der Waals surface area contributed by atoms with Crippen LogP contribution < -0.4 is 16.2 Å². The quantitative estimate of drug-likeness (QED) is 0.561. The van der Waals surface area contributed by atoms with Gasteiger partial charge in [-0.15, -0.1) is 0 Å². The lowest BCUT2D eigenvalue weighted by atomic mass is 10.1. The van der Waals surface area contributed by atoms with Gasteiger partial charge in [-0.2, -0.15) is 0 Å². The van der Waals surface area contributed by atoms with Crippen molar-refractivity contribution < 1.29 is 5.11 Å². The number of anilines is 2. The molecule has 2 rings (SSSR count). The van der Waals surface area contributed by atoms with Crippen molar-refractivity contribution in [2.75, 3.05) is 23.5 Å². The molecule has 106 valence electrons. The summed E-state index contributed by atoms with van der Waals surface area (Å²) in [5.74, 6) is 7.74. The van der Waals surface area contributed by atoms with Crippen molar-refractivity contribution in [2.24, 2.45) is 5.84 Å². The molecule has 0 radical (unpaired) electrons. The molecule has 1 fully saturated rings. The number of aliphatic hydroxyl groups excluding tert-OH is 1. The molecule has 1 aromatic rings. The lowest BCUT2D eigenvalue weighted by Crippen LogP contribution is -2.39. The van der Waals surface area contributed by atoms with Gasteiger partial charge >= 0.3 is 0 Å². The molecule has 0 amide bonds. The number of aromatic nitrogens is 2. The van der Waals surface area contributed by atoms with Crippen LogP contribution in [0.2, 0.25) is 0 Å². The lowest BCUT2D eigenvalue weighted by Gasteiger charge is -2.31. The number of aliphatic hydroxyl groups is 1. The van der Waals surface area contributed by atoms with Crippen LogP contribution in [0.1, 0.15) is 37.1 Å². The number of rotatable bonds is 3. The van der Waals surface area contributed by atoms with Gasteiger partial charge in [0.1, 0.15) is 17.5 Å².